The summed E-state index contributed by atoms with van der Waals surface area (Å²) in [5.74, 6) is 1.91. The molecule has 1 unspecified atom stereocenters. The summed E-state index contributed by atoms with van der Waals surface area (Å²) in [4.78, 5) is 15.8. The van der Waals surface area contributed by atoms with Crippen LogP contribution >= 0.6 is 0 Å². The number of hydrogen-bond acceptors (Lipinski definition) is 5. The maximum atomic E-state index is 13.3. The largest absolute Gasteiger partial charge is 0.497 e. The monoisotopic (exact) mass is 462 g/mol. The van der Waals surface area contributed by atoms with E-state index >= 15 is 0 Å². The zero-order valence-electron chi connectivity index (χ0n) is 20.3. The van der Waals surface area contributed by atoms with E-state index in [0.717, 1.165) is 43.2 Å². The third-order valence-corrected chi connectivity index (χ3v) is 6.32. The van der Waals surface area contributed by atoms with Gasteiger partial charge in [0.1, 0.15) is 17.2 Å². The van der Waals surface area contributed by atoms with Crippen molar-refractivity contribution in [2.75, 3.05) is 40.4 Å². The summed E-state index contributed by atoms with van der Waals surface area (Å²) in [5.41, 5.74) is 2.71. The van der Waals surface area contributed by atoms with Crippen LogP contribution < -0.4 is 14.8 Å². The number of amides is 1. The highest BCUT2D eigenvalue weighted by atomic mass is 16.5. The van der Waals surface area contributed by atoms with Crippen LogP contribution in [0.2, 0.25) is 0 Å². The second kappa shape index (κ2) is 11.2. The van der Waals surface area contributed by atoms with Crippen LogP contribution in [0.1, 0.15) is 36.5 Å². The molecule has 3 aromatic rings. The third kappa shape index (κ3) is 5.59. The number of piperidine rings is 1. The van der Waals surface area contributed by atoms with Gasteiger partial charge in [0.2, 0.25) is 0 Å². The lowest BCUT2D eigenvalue weighted by molar-refractivity contribution is 0.0950. The van der Waals surface area contributed by atoms with Crippen LogP contribution in [-0.4, -0.2) is 61.0 Å². The van der Waals surface area contributed by atoms with Crippen LogP contribution in [0, 0.1) is 5.92 Å². The van der Waals surface area contributed by atoms with Crippen molar-refractivity contribution in [3.05, 3.63) is 60.3 Å². The van der Waals surface area contributed by atoms with Crippen LogP contribution in [0.15, 0.2) is 54.7 Å². The molecular formula is C27H34N4O3. The highest BCUT2D eigenvalue weighted by Gasteiger charge is 2.22. The van der Waals surface area contributed by atoms with E-state index < -0.39 is 0 Å². The molecule has 1 atom stereocenters. The number of methoxy groups -OCH3 is 2. The van der Waals surface area contributed by atoms with Crippen molar-refractivity contribution in [3.63, 3.8) is 0 Å². The SMILES string of the molecule is COc1ccc(-c2nn(-c3ccccc3)cc2C(=O)NCCCN2CCCC(C)C2)c(OC)c1. The summed E-state index contributed by atoms with van der Waals surface area (Å²) in [5, 5.41) is 7.87. The van der Waals surface area contributed by atoms with Crippen LogP contribution in [0.25, 0.3) is 16.9 Å². The van der Waals surface area contributed by atoms with Crippen molar-refractivity contribution in [1.29, 1.82) is 0 Å². The van der Waals surface area contributed by atoms with Gasteiger partial charge in [-0.15, -0.1) is 0 Å². The Hall–Kier alpha value is -3.32. The van der Waals surface area contributed by atoms with Crippen molar-refractivity contribution < 1.29 is 14.3 Å². The lowest BCUT2D eigenvalue weighted by Gasteiger charge is -2.30. The molecule has 1 aliphatic rings. The summed E-state index contributed by atoms with van der Waals surface area (Å²) in [6, 6.07) is 15.3. The predicted molar refractivity (Wildman–Crippen MR) is 134 cm³/mol. The fourth-order valence-corrected chi connectivity index (χ4v) is 4.54. The van der Waals surface area contributed by atoms with E-state index in [1.54, 1.807) is 31.2 Å². The lowest BCUT2D eigenvalue weighted by Crippen LogP contribution is -2.36. The Morgan fingerprint density at radius 3 is 2.71 bits per heavy atom. The van der Waals surface area contributed by atoms with Gasteiger partial charge in [0.05, 0.1) is 25.5 Å². The quantitative estimate of drug-likeness (QED) is 0.477. The van der Waals surface area contributed by atoms with E-state index in [4.69, 9.17) is 14.6 Å². The highest BCUT2D eigenvalue weighted by molar-refractivity contribution is 6.00. The van der Waals surface area contributed by atoms with Crippen molar-refractivity contribution in [2.24, 2.45) is 5.92 Å². The predicted octanol–water partition coefficient (Wildman–Crippen LogP) is 4.41. The normalized spacial score (nSPS) is 16.3. The van der Waals surface area contributed by atoms with E-state index in [1.165, 1.54) is 12.8 Å². The number of carbonyl (C=O) groups is 1. The van der Waals surface area contributed by atoms with Crippen LogP contribution in [-0.2, 0) is 0 Å². The number of ether oxygens (including phenoxy) is 2. The summed E-state index contributed by atoms with van der Waals surface area (Å²) in [6.07, 6.45) is 5.29. The molecule has 1 fully saturated rings. The molecule has 1 amide bonds. The molecule has 2 aromatic carbocycles. The van der Waals surface area contributed by atoms with Gasteiger partial charge in [-0.2, -0.15) is 5.10 Å². The van der Waals surface area contributed by atoms with Crippen molar-refractivity contribution in [1.82, 2.24) is 20.0 Å². The number of nitrogens with zero attached hydrogens (tertiary/aromatic N) is 3. The zero-order chi connectivity index (χ0) is 23.9. The molecule has 0 aliphatic carbocycles. The third-order valence-electron chi connectivity index (χ3n) is 6.32. The number of rotatable bonds is 9. The van der Waals surface area contributed by atoms with Crippen LogP contribution in [0.5, 0.6) is 11.5 Å². The molecule has 1 aliphatic heterocycles. The Balaban J connectivity index is 1.54. The molecule has 7 heteroatoms. The van der Waals surface area contributed by atoms with Crippen molar-refractivity contribution in [3.8, 4) is 28.4 Å². The van der Waals surface area contributed by atoms with Gasteiger partial charge in [0.25, 0.3) is 5.91 Å². The van der Waals surface area contributed by atoms with E-state index in [1.807, 2.05) is 42.5 Å². The van der Waals surface area contributed by atoms with E-state index in [9.17, 15) is 4.79 Å². The molecule has 2 heterocycles. The lowest BCUT2D eigenvalue weighted by atomic mass is 10.0. The first-order chi connectivity index (χ1) is 16.6. The van der Waals surface area contributed by atoms with Gasteiger partial charge in [0, 0.05) is 30.9 Å². The summed E-state index contributed by atoms with van der Waals surface area (Å²) < 4.78 is 12.7. The van der Waals surface area contributed by atoms with Crippen molar-refractivity contribution in [2.45, 2.75) is 26.2 Å². The number of carbonyl (C=O) groups excluding carboxylic acids is 1. The molecule has 1 saturated heterocycles. The number of aromatic nitrogens is 2. The number of hydrogen-bond donors (Lipinski definition) is 1. The number of para-hydroxylation sites is 1. The van der Waals surface area contributed by atoms with Gasteiger partial charge in [-0.3, -0.25) is 4.79 Å². The maximum Gasteiger partial charge on any atom is 0.255 e. The fraction of sp³-hybridized carbons (Fsp3) is 0.407. The maximum absolute atomic E-state index is 13.3. The van der Waals surface area contributed by atoms with E-state index in [-0.39, 0.29) is 5.91 Å². The number of likely N-dealkylation sites (tertiary alicyclic amines) is 1. The Kier molecular flexibility index (Phi) is 7.85. The second-order valence-corrected chi connectivity index (χ2v) is 8.90. The Bertz CT molecular complexity index is 1100. The minimum absolute atomic E-state index is 0.137. The average molecular weight is 463 g/mol. The highest BCUT2D eigenvalue weighted by Crippen LogP contribution is 2.34. The minimum Gasteiger partial charge on any atom is -0.497 e. The van der Waals surface area contributed by atoms with Crippen LogP contribution in [0.3, 0.4) is 0 Å². The minimum atomic E-state index is -0.137. The summed E-state index contributed by atoms with van der Waals surface area (Å²) >= 11 is 0. The summed E-state index contributed by atoms with van der Waals surface area (Å²) in [6.45, 7) is 6.25. The fourth-order valence-electron chi connectivity index (χ4n) is 4.54. The molecule has 34 heavy (non-hydrogen) atoms. The first kappa shape index (κ1) is 23.8. The van der Waals surface area contributed by atoms with Gasteiger partial charge in [-0.1, -0.05) is 25.1 Å². The molecular weight excluding hydrogens is 428 g/mol. The Morgan fingerprint density at radius 1 is 1.15 bits per heavy atom. The molecule has 4 rings (SSSR count). The van der Waals surface area contributed by atoms with Crippen LogP contribution in [0.4, 0.5) is 0 Å². The Labute approximate surface area is 201 Å². The number of nitrogens with one attached hydrogen (secondary N) is 1. The topological polar surface area (TPSA) is 68.6 Å². The molecule has 180 valence electrons. The smallest absolute Gasteiger partial charge is 0.255 e. The van der Waals surface area contributed by atoms with E-state index in [2.05, 4.69) is 17.1 Å². The molecule has 0 spiro atoms. The second-order valence-electron chi connectivity index (χ2n) is 8.90. The first-order valence-corrected chi connectivity index (χ1v) is 12.0. The van der Waals surface area contributed by atoms with Gasteiger partial charge >= 0.3 is 0 Å². The number of benzene rings is 2. The van der Waals surface area contributed by atoms with Gasteiger partial charge in [-0.05, 0) is 62.5 Å². The van der Waals surface area contributed by atoms with E-state index in [0.29, 0.717) is 29.3 Å². The van der Waals surface area contributed by atoms with Gasteiger partial charge in [-0.25, -0.2) is 4.68 Å². The molecule has 7 nitrogen and oxygen atoms in total. The van der Waals surface area contributed by atoms with Crippen molar-refractivity contribution >= 4 is 5.91 Å². The molecule has 0 saturated carbocycles. The first-order valence-electron chi connectivity index (χ1n) is 12.0. The standard InChI is InChI=1S/C27H34N4O3/c1-20-9-7-15-30(18-20)16-8-14-28-27(32)24-19-31(21-10-5-4-6-11-21)29-26(24)23-13-12-22(33-2)17-25(23)34-3/h4-6,10-13,17,19-20H,7-9,14-16,18H2,1-3H3,(H,28,32). The average Bonchev–Trinajstić information content (AvgIpc) is 3.32. The summed E-state index contributed by atoms with van der Waals surface area (Å²) in [7, 11) is 3.22. The molecule has 1 N–H and O–H groups in total. The molecule has 1 aromatic heterocycles. The Morgan fingerprint density at radius 2 is 1.97 bits per heavy atom. The zero-order valence-corrected chi connectivity index (χ0v) is 20.3. The van der Waals surface area contributed by atoms with Gasteiger partial charge < -0.3 is 19.7 Å². The molecule has 0 radical (unpaired) electrons. The van der Waals surface area contributed by atoms with Gasteiger partial charge in [0.15, 0.2) is 0 Å². The molecule has 0 bridgehead atoms.